The molecule has 0 aliphatic heterocycles. The van der Waals surface area contributed by atoms with E-state index >= 15 is 0 Å². The fraction of sp³-hybridized carbons (Fsp3) is 0.571. The summed E-state index contributed by atoms with van der Waals surface area (Å²) in [7, 11) is -1.97. The first-order valence-corrected chi connectivity index (χ1v) is 9.43. The summed E-state index contributed by atoms with van der Waals surface area (Å²) < 4.78 is 26.5. The van der Waals surface area contributed by atoms with E-state index in [9.17, 15) is 13.5 Å². The zero-order valence-electron chi connectivity index (χ0n) is 11.8. The number of sulfonamides is 1. The fourth-order valence-electron chi connectivity index (χ4n) is 2.61. The van der Waals surface area contributed by atoms with Crippen molar-refractivity contribution in [3.63, 3.8) is 0 Å². The molecular weight excluding hydrogens is 294 g/mol. The summed E-state index contributed by atoms with van der Waals surface area (Å²) in [6.07, 6.45) is 4.72. The third kappa shape index (κ3) is 3.19. The Kier molecular flexibility index (Phi) is 5.12. The van der Waals surface area contributed by atoms with Crippen LogP contribution in [0.1, 0.15) is 25.7 Å². The number of benzene rings is 1. The lowest BCUT2D eigenvalue weighted by atomic mass is 9.93. The largest absolute Gasteiger partial charge is 0.391 e. The maximum Gasteiger partial charge on any atom is 0.243 e. The molecular formula is C14H21NO3S2. The maximum atomic E-state index is 12.6. The highest BCUT2D eigenvalue weighted by molar-refractivity contribution is 7.98. The average molecular weight is 315 g/mol. The van der Waals surface area contributed by atoms with Crippen molar-refractivity contribution < 1.29 is 13.5 Å². The van der Waals surface area contributed by atoms with Crippen molar-refractivity contribution in [2.75, 3.05) is 13.3 Å². The van der Waals surface area contributed by atoms with Gasteiger partial charge in [0.15, 0.2) is 0 Å². The molecule has 1 aliphatic rings. The molecule has 1 N–H and O–H groups in total. The normalized spacial score (nSPS) is 24.0. The summed E-state index contributed by atoms with van der Waals surface area (Å²) in [5, 5.41) is 10.0. The lowest BCUT2D eigenvalue weighted by Crippen LogP contribution is -2.46. The molecule has 0 saturated heterocycles. The molecule has 0 bridgehead atoms. The van der Waals surface area contributed by atoms with Crippen LogP contribution in [0.15, 0.2) is 34.1 Å². The Labute approximate surface area is 125 Å². The van der Waals surface area contributed by atoms with Crippen LogP contribution in [0.25, 0.3) is 0 Å². The third-order valence-corrected chi connectivity index (χ3v) is 6.54. The third-order valence-electron chi connectivity index (χ3n) is 3.90. The first-order chi connectivity index (χ1) is 9.46. The van der Waals surface area contributed by atoms with Gasteiger partial charge in [0.05, 0.1) is 17.0 Å². The van der Waals surface area contributed by atoms with Crippen LogP contribution >= 0.6 is 11.8 Å². The first-order valence-electron chi connectivity index (χ1n) is 6.77. The number of aliphatic hydroxyl groups is 1. The van der Waals surface area contributed by atoms with Gasteiger partial charge in [-0.25, -0.2) is 8.42 Å². The number of hydrogen-bond acceptors (Lipinski definition) is 4. The molecule has 1 aromatic rings. The Morgan fingerprint density at radius 1 is 1.20 bits per heavy atom. The van der Waals surface area contributed by atoms with Crippen LogP contribution in [-0.2, 0) is 10.0 Å². The number of thioether (sulfide) groups is 1. The highest BCUT2D eigenvalue weighted by Crippen LogP contribution is 2.27. The minimum absolute atomic E-state index is 0.288. The number of aliphatic hydroxyl groups excluding tert-OH is 1. The molecule has 112 valence electrons. The van der Waals surface area contributed by atoms with Gasteiger partial charge < -0.3 is 5.11 Å². The molecule has 20 heavy (non-hydrogen) atoms. The lowest BCUT2D eigenvalue weighted by molar-refractivity contribution is 0.0638. The quantitative estimate of drug-likeness (QED) is 0.867. The highest BCUT2D eigenvalue weighted by Gasteiger charge is 2.34. The van der Waals surface area contributed by atoms with Gasteiger partial charge in [0.1, 0.15) is 0 Å². The molecule has 0 unspecified atom stereocenters. The number of hydrogen-bond donors (Lipinski definition) is 1. The van der Waals surface area contributed by atoms with E-state index in [1.165, 1.54) is 4.31 Å². The number of rotatable bonds is 4. The zero-order chi connectivity index (χ0) is 14.8. The second kappa shape index (κ2) is 6.47. The summed E-state index contributed by atoms with van der Waals surface area (Å²) in [5.74, 6) is 0. The van der Waals surface area contributed by atoms with Gasteiger partial charge >= 0.3 is 0 Å². The summed E-state index contributed by atoms with van der Waals surface area (Å²) in [6, 6.07) is 6.57. The summed E-state index contributed by atoms with van der Waals surface area (Å²) in [6.45, 7) is 0. The van der Waals surface area contributed by atoms with E-state index in [2.05, 4.69) is 0 Å². The van der Waals surface area contributed by atoms with Crippen LogP contribution in [0, 0.1) is 0 Å². The van der Waals surface area contributed by atoms with Gasteiger partial charge in [0.25, 0.3) is 0 Å². The van der Waals surface area contributed by atoms with Gasteiger partial charge in [0.2, 0.25) is 10.0 Å². The molecule has 6 heteroatoms. The van der Waals surface area contributed by atoms with E-state index in [1.807, 2.05) is 18.4 Å². The zero-order valence-corrected chi connectivity index (χ0v) is 13.5. The van der Waals surface area contributed by atoms with E-state index in [0.29, 0.717) is 6.42 Å². The molecule has 1 saturated carbocycles. The van der Waals surface area contributed by atoms with E-state index in [4.69, 9.17) is 0 Å². The van der Waals surface area contributed by atoms with Gasteiger partial charge in [-0.3, -0.25) is 0 Å². The fourth-order valence-corrected chi connectivity index (χ4v) is 4.43. The minimum atomic E-state index is -3.53. The van der Waals surface area contributed by atoms with Crippen molar-refractivity contribution in [3.05, 3.63) is 24.3 Å². The molecule has 0 heterocycles. The van der Waals surface area contributed by atoms with Gasteiger partial charge in [-0.15, -0.1) is 11.8 Å². The molecule has 1 aliphatic carbocycles. The molecule has 2 atom stereocenters. The van der Waals surface area contributed by atoms with Gasteiger partial charge in [-0.2, -0.15) is 4.31 Å². The summed E-state index contributed by atoms with van der Waals surface area (Å²) in [5.41, 5.74) is 0. The molecule has 2 rings (SSSR count). The van der Waals surface area contributed by atoms with Gasteiger partial charge in [0, 0.05) is 11.9 Å². The molecule has 1 fully saturated rings. The molecule has 0 radical (unpaired) electrons. The van der Waals surface area contributed by atoms with Crippen LogP contribution < -0.4 is 0 Å². The Morgan fingerprint density at radius 3 is 2.35 bits per heavy atom. The van der Waals surface area contributed by atoms with Crippen LogP contribution in [0.3, 0.4) is 0 Å². The van der Waals surface area contributed by atoms with E-state index in [1.54, 1.807) is 30.9 Å². The predicted molar refractivity (Wildman–Crippen MR) is 81.4 cm³/mol. The highest BCUT2D eigenvalue weighted by atomic mass is 32.2. The molecule has 4 nitrogen and oxygen atoms in total. The predicted octanol–water partition coefficient (Wildman–Crippen LogP) is 2.33. The monoisotopic (exact) mass is 315 g/mol. The van der Waals surface area contributed by atoms with Crippen LogP contribution in [0.4, 0.5) is 0 Å². The molecule has 0 aromatic heterocycles. The number of nitrogens with zero attached hydrogens (tertiary/aromatic N) is 1. The van der Waals surface area contributed by atoms with Crippen molar-refractivity contribution in [2.24, 2.45) is 0 Å². The van der Waals surface area contributed by atoms with Gasteiger partial charge in [-0.05, 0) is 43.4 Å². The van der Waals surface area contributed by atoms with Crippen LogP contribution in [0.5, 0.6) is 0 Å². The molecule has 0 spiro atoms. The van der Waals surface area contributed by atoms with Crippen LogP contribution in [-0.4, -0.2) is 43.3 Å². The molecule has 0 amide bonds. The smallest absolute Gasteiger partial charge is 0.243 e. The Morgan fingerprint density at radius 2 is 1.80 bits per heavy atom. The van der Waals surface area contributed by atoms with Crippen molar-refractivity contribution >= 4 is 21.8 Å². The van der Waals surface area contributed by atoms with Gasteiger partial charge in [-0.1, -0.05) is 12.8 Å². The topological polar surface area (TPSA) is 57.6 Å². The van der Waals surface area contributed by atoms with Crippen molar-refractivity contribution in [1.82, 2.24) is 4.31 Å². The van der Waals surface area contributed by atoms with Crippen molar-refractivity contribution in [1.29, 1.82) is 0 Å². The summed E-state index contributed by atoms with van der Waals surface area (Å²) in [4.78, 5) is 1.32. The maximum absolute atomic E-state index is 12.6. The average Bonchev–Trinajstić information content (AvgIpc) is 2.47. The standard InChI is InChI=1S/C14H21NO3S2/c1-15(13-5-3-4-6-14(13)16)20(17,18)12-9-7-11(19-2)8-10-12/h7-10,13-14,16H,3-6H2,1-2H3/t13-,14-/m1/s1. The van der Waals surface area contributed by atoms with Crippen molar-refractivity contribution in [3.8, 4) is 0 Å². The Bertz CT molecular complexity index is 542. The lowest BCUT2D eigenvalue weighted by Gasteiger charge is -2.34. The molecule has 1 aromatic carbocycles. The minimum Gasteiger partial charge on any atom is -0.391 e. The van der Waals surface area contributed by atoms with E-state index in [-0.39, 0.29) is 10.9 Å². The number of likely N-dealkylation sites (N-methyl/N-ethyl adjacent to an activating group) is 1. The first kappa shape index (κ1) is 15.8. The Balaban J connectivity index is 2.23. The summed E-state index contributed by atoms with van der Waals surface area (Å²) >= 11 is 1.58. The Hall–Kier alpha value is -0.560. The SMILES string of the molecule is CSc1ccc(S(=O)(=O)N(C)[C@@H]2CCCC[C@H]2O)cc1. The van der Waals surface area contributed by atoms with E-state index < -0.39 is 16.1 Å². The second-order valence-corrected chi connectivity index (χ2v) is 7.99. The van der Waals surface area contributed by atoms with Crippen LogP contribution in [0.2, 0.25) is 0 Å². The van der Waals surface area contributed by atoms with E-state index in [0.717, 1.165) is 24.2 Å². The van der Waals surface area contributed by atoms with Crippen molar-refractivity contribution in [2.45, 2.75) is 47.6 Å². The second-order valence-electron chi connectivity index (χ2n) is 5.12.